The van der Waals surface area contributed by atoms with Gasteiger partial charge in [0, 0.05) is 0 Å². The van der Waals surface area contributed by atoms with Gasteiger partial charge in [-0.15, -0.1) is 0 Å². The van der Waals surface area contributed by atoms with Crippen molar-refractivity contribution < 1.29 is 44.7 Å². The quantitative estimate of drug-likeness (QED) is 0.0694. The molecule has 0 spiro atoms. The summed E-state index contributed by atoms with van der Waals surface area (Å²) < 4.78 is 21.7. The molecule has 0 radical (unpaired) electrons. The summed E-state index contributed by atoms with van der Waals surface area (Å²) in [5.41, 5.74) is 0. The third-order valence-electron chi connectivity index (χ3n) is 5.49. The number of hydrogen-bond donors (Lipinski definition) is 0. The molecule has 0 unspecified atom stereocenters. The standard InChI is InChI=1S/C24H51O4P.Al.Zr/c1-3-5-7-9-11-13-15-17-19-21-23-27-29(25,26)28-24-22-20-18-16-14-12-10-8-6-4-2;;/h3-24H2,1-2H3,(H,25,26);;/q;+3;+4/p-1. The van der Waals surface area contributed by atoms with Crippen molar-refractivity contribution >= 4 is 25.2 Å². The average molecular weight is 552 g/mol. The van der Waals surface area contributed by atoms with Gasteiger partial charge in [0.2, 0.25) is 0 Å². The maximum atomic E-state index is 11.7. The predicted octanol–water partition coefficient (Wildman–Crippen LogP) is 7.95. The number of hydrogen-bond acceptors (Lipinski definition) is 4. The molecular formula is C24H50AlO4PZr+6. The van der Waals surface area contributed by atoms with E-state index in [-0.39, 0.29) is 56.8 Å². The van der Waals surface area contributed by atoms with E-state index in [0.717, 1.165) is 25.7 Å². The van der Waals surface area contributed by atoms with Gasteiger partial charge in [-0.1, -0.05) is 129 Å². The minimum absolute atomic E-state index is 0. The molecule has 0 bridgehead atoms. The Bertz CT molecular complexity index is 345. The Balaban J connectivity index is -0.00000392. The van der Waals surface area contributed by atoms with E-state index in [1.165, 1.54) is 103 Å². The van der Waals surface area contributed by atoms with E-state index in [0.29, 0.717) is 0 Å². The molecule has 0 N–H and O–H groups in total. The normalized spacial score (nSPS) is 11.2. The van der Waals surface area contributed by atoms with Gasteiger partial charge >= 0.3 is 43.6 Å². The molecule has 4 nitrogen and oxygen atoms in total. The van der Waals surface area contributed by atoms with Crippen LogP contribution in [0, 0.1) is 0 Å². The fourth-order valence-electron chi connectivity index (χ4n) is 3.57. The Morgan fingerprint density at radius 3 is 1.00 bits per heavy atom. The molecular weight excluding hydrogens is 501 g/mol. The van der Waals surface area contributed by atoms with Crippen LogP contribution in [-0.2, 0) is 39.8 Å². The SMILES string of the molecule is CCCCCCCCCCCCOP(=O)([O-])OCCCCCCCCCCCC.[Al+3].[Zr+4]. The number of rotatable bonds is 24. The zero-order valence-corrected chi connectivity index (χ0v) is 25.2. The first-order valence-corrected chi connectivity index (χ1v) is 14.2. The van der Waals surface area contributed by atoms with E-state index in [9.17, 15) is 9.46 Å². The van der Waals surface area contributed by atoms with Crippen molar-refractivity contribution in [3.05, 3.63) is 0 Å². The molecule has 0 aromatic carbocycles. The van der Waals surface area contributed by atoms with Crippen LogP contribution in [0.5, 0.6) is 0 Å². The summed E-state index contributed by atoms with van der Waals surface area (Å²) in [6.07, 6.45) is 24.5. The fourth-order valence-corrected chi connectivity index (χ4v) is 4.35. The molecule has 0 heterocycles. The predicted molar refractivity (Wildman–Crippen MR) is 129 cm³/mol. The molecule has 0 saturated carbocycles. The van der Waals surface area contributed by atoms with Crippen LogP contribution in [0.1, 0.15) is 142 Å². The Kier molecular flexibility index (Phi) is 35.4. The Hall–Kier alpha value is 1.53. The van der Waals surface area contributed by atoms with Gasteiger partial charge in [0.15, 0.2) is 0 Å². The fraction of sp³-hybridized carbons (Fsp3) is 1.00. The summed E-state index contributed by atoms with van der Waals surface area (Å²) in [5, 5.41) is 0. The van der Waals surface area contributed by atoms with E-state index in [1.54, 1.807) is 0 Å². The van der Waals surface area contributed by atoms with Gasteiger partial charge in [0.1, 0.15) is 0 Å². The van der Waals surface area contributed by atoms with Gasteiger partial charge in [-0.3, -0.25) is 4.57 Å². The van der Waals surface area contributed by atoms with Gasteiger partial charge in [0.05, 0.1) is 13.2 Å². The minimum atomic E-state index is -4.10. The van der Waals surface area contributed by atoms with Crippen LogP contribution in [0.4, 0.5) is 0 Å². The van der Waals surface area contributed by atoms with Crippen molar-refractivity contribution in [1.82, 2.24) is 0 Å². The second kappa shape index (κ2) is 29.6. The van der Waals surface area contributed by atoms with Crippen LogP contribution in [0.15, 0.2) is 0 Å². The molecule has 0 atom stereocenters. The molecule has 0 aromatic heterocycles. The number of phosphoric acid groups is 1. The monoisotopic (exact) mass is 550 g/mol. The Morgan fingerprint density at radius 1 is 0.516 bits per heavy atom. The molecule has 31 heavy (non-hydrogen) atoms. The van der Waals surface area contributed by atoms with Crippen molar-refractivity contribution in [2.24, 2.45) is 0 Å². The third kappa shape index (κ3) is 31.5. The largest absolute Gasteiger partial charge is 4.00 e. The molecule has 0 rings (SSSR count). The van der Waals surface area contributed by atoms with Crippen LogP contribution in [0.2, 0.25) is 0 Å². The summed E-state index contributed by atoms with van der Waals surface area (Å²) >= 11 is 0. The summed E-state index contributed by atoms with van der Waals surface area (Å²) in [7, 11) is -4.10. The first kappa shape index (κ1) is 37.1. The Labute approximate surface area is 224 Å². The summed E-state index contributed by atoms with van der Waals surface area (Å²) in [5.74, 6) is 0. The molecule has 0 aliphatic rings. The van der Waals surface area contributed by atoms with Crippen molar-refractivity contribution in [1.29, 1.82) is 0 Å². The van der Waals surface area contributed by atoms with Gasteiger partial charge in [0.25, 0.3) is 7.82 Å². The summed E-state index contributed by atoms with van der Waals surface area (Å²) in [4.78, 5) is 11.7. The first-order valence-electron chi connectivity index (χ1n) is 12.7. The topological polar surface area (TPSA) is 58.6 Å². The number of unbranched alkanes of at least 4 members (excludes halogenated alkanes) is 18. The molecule has 0 aliphatic heterocycles. The van der Waals surface area contributed by atoms with Crippen molar-refractivity contribution in [3.8, 4) is 0 Å². The molecule has 0 aromatic rings. The van der Waals surface area contributed by atoms with Crippen molar-refractivity contribution in [3.63, 3.8) is 0 Å². The molecule has 0 aliphatic carbocycles. The zero-order chi connectivity index (χ0) is 21.5. The van der Waals surface area contributed by atoms with E-state index in [1.807, 2.05) is 0 Å². The average Bonchev–Trinajstić information content (AvgIpc) is 2.70. The maximum Gasteiger partial charge on any atom is 4.00 e. The molecule has 7 heteroatoms. The van der Waals surface area contributed by atoms with Gasteiger partial charge < -0.3 is 13.9 Å². The maximum absolute atomic E-state index is 11.7. The second-order valence-corrected chi connectivity index (χ2v) is 9.89. The van der Waals surface area contributed by atoms with Crippen LogP contribution in [0.3, 0.4) is 0 Å². The van der Waals surface area contributed by atoms with E-state index >= 15 is 0 Å². The summed E-state index contributed by atoms with van der Waals surface area (Å²) in [6, 6.07) is 0. The minimum Gasteiger partial charge on any atom is -0.756 e. The molecule has 0 saturated heterocycles. The van der Waals surface area contributed by atoms with Gasteiger partial charge in [-0.25, -0.2) is 0 Å². The van der Waals surface area contributed by atoms with Crippen LogP contribution >= 0.6 is 7.82 Å². The van der Waals surface area contributed by atoms with Crippen molar-refractivity contribution in [2.75, 3.05) is 13.2 Å². The van der Waals surface area contributed by atoms with E-state index < -0.39 is 7.82 Å². The van der Waals surface area contributed by atoms with Gasteiger partial charge in [-0.2, -0.15) is 0 Å². The first-order chi connectivity index (χ1) is 14.1. The van der Waals surface area contributed by atoms with E-state index in [4.69, 9.17) is 9.05 Å². The van der Waals surface area contributed by atoms with Crippen LogP contribution in [-0.4, -0.2) is 30.6 Å². The third-order valence-corrected chi connectivity index (χ3v) is 6.49. The smallest absolute Gasteiger partial charge is 0.756 e. The van der Waals surface area contributed by atoms with Gasteiger partial charge in [-0.05, 0) is 12.8 Å². The van der Waals surface area contributed by atoms with Crippen LogP contribution in [0.25, 0.3) is 0 Å². The second-order valence-electron chi connectivity index (χ2n) is 8.48. The molecule has 0 amide bonds. The van der Waals surface area contributed by atoms with Crippen LogP contribution < -0.4 is 4.89 Å². The summed E-state index contributed by atoms with van der Waals surface area (Å²) in [6.45, 7) is 5.00. The van der Waals surface area contributed by atoms with E-state index in [2.05, 4.69) is 13.8 Å². The van der Waals surface area contributed by atoms with Crippen molar-refractivity contribution in [2.45, 2.75) is 142 Å². The Morgan fingerprint density at radius 2 is 0.742 bits per heavy atom. The molecule has 0 fully saturated rings. The molecule has 176 valence electrons. The zero-order valence-electron chi connectivity index (χ0n) is 20.7. The number of phosphoric ester groups is 1.